The van der Waals surface area contributed by atoms with E-state index in [2.05, 4.69) is 24.2 Å². The maximum Gasteiger partial charge on any atom is 0.0679 e. The van der Waals surface area contributed by atoms with Crippen LogP contribution in [0.15, 0.2) is 0 Å². The number of rotatable bonds is 6. The van der Waals surface area contributed by atoms with E-state index in [9.17, 15) is 5.11 Å². The molecule has 1 fully saturated rings. The van der Waals surface area contributed by atoms with E-state index in [-0.39, 0.29) is 6.10 Å². The van der Waals surface area contributed by atoms with Gasteiger partial charge in [-0.25, -0.2) is 0 Å². The summed E-state index contributed by atoms with van der Waals surface area (Å²) in [6, 6.07) is 0.536. The van der Waals surface area contributed by atoms with Gasteiger partial charge in [-0.1, -0.05) is 13.3 Å². The van der Waals surface area contributed by atoms with Gasteiger partial charge in [0.25, 0.3) is 0 Å². The van der Waals surface area contributed by atoms with Crippen LogP contribution in [-0.2, 0) is 0 Å². The van der Waals surface area contributed by atoms with E-state index in [0.29, 0.717) is 6.04 Å². The smallest absolute Gasteiger partial charge is 0.0679 e. The van der Waals surface area contributed by atoms with Gasteiger partial charge in [0.05, 0.1) is 6.10 Å². The average Bonchev–Trinajstić information content (AvgIpc) is 2.58. The van der Waals surface area contributed by atoms with Crippen LogP contribution in [0, 0.1) is 0 Å². The number of aliphatic hydroxyl groups is 1. The number of nitrogens with zero attached hydrogens (tertiary/aromatic N) is 1. The Balaban J connectivity index is 2.02. The van der Waals surface area contributed by atoms with Crippen LogP contribution < -0.4 is 5.32 Å². The van der Waals surface area contributed by atoms with Gasteiger partial charge in [-0.05, 0) is 39.4 Å². The van der Waals surface area contributed by atoms with E-state index in [1.807, 2.05) is 0 Å². The standard InChI is InChI=1S/C11H24N2O/c1-3-4-6-13(2)7-5-10-8-11(14)9-12-10/h10-12,14H,3-9H2,1-2H3. The van der Waals surface area contributed by atoms with E-state index in [0.717, 1.165) is 25.9 Å². The van der Waals surface area contributed by atoms with Crippen LogP contribution in [-0.4, -0.2) is 48.8 Å². The molecule has 1 saturated heterocycles. The minimum Gasteiger partial charge on any atom is -0.392 e. The van der Waals surface area contributed by atoms with Gasteiger partial charge in [-0.3, -0.25) is 0 Å². The predicted molar refractivity (Wildman–Crippen MR) is 59.4 cm³/mol. The Kier molecular flexibility index (Phi) is 5.45. The van der Waals surface area contributed by atoms with Crippen LogP contribution in [0.5, 0.6) is 0 Å². The quantitative estimate of drug-likeness (QED) is 0.667. The molecular weight excluding hydrogens is 176 g/mol. The van der Waals surface area contributed by atoms with Gasteiger partial charge in [0.15, 0.2) is 0 Å². The number of aliphatic hydroxyl groups excluding tert-OH is 1. The first-order valence-electron chi connectivity index (χ1n) is 5.82. The van der Waals surface area contributed by atoms with Gasteiger partial charge >= 0.3 is 0 Å². The number of nitrogens with one attached hydrogen (secondary N) is 1. The molecule has 0 aliphatic carbocycles. The Hall–Kier alpha value is -0.120. The lowest BCUT2D eigenvalue weighted by Crippen LogP contribution is -2.28. The summed E-state index contributed by atoms with van der Waals surface area (Å²) in [5.74, 6) is 0. The second kappa shape index (κ2) is 6.38. The molecule has 84 valence electrons. The van der Waals surface area contributed by atoms with E-state index < -0.39 is 0 Å². The summed E-state index contributed by atoms with van der Waals surface area (Å²) in [6.45, 7) is 5.35. The van der Waals surface area contributed by atoms with Crippen molar-refractivity contribution in [1.82, 2.24) is 10.2 Å². The predicted octanol–water partition coefficient (Wildman–Crippen LogP) is 0.831. The molecule has 1 heterocycles. The molecule has 2 atom stereocenters. The van der Waals surface area contributed by atoms with Crippen molar-refractivity contribution in [2.24, 2.45) is 0 Å². The maximum absolute atomic E-state index is 9.33. The lowest BCUT2D eigenvalue weighted by Gasteiger charge is -2.18. The zero-order chi connectivity index (χ0) is 10.4. The third-order valence-electron chi connectivity index (χ3n) is 2.95. The van der Waals surface area contributed by atoms with Gasteiger partial charge in [0.1, 0.15) is 0 Å². The third kappa shape index (κ3) is 4.40. The zero-order valence-electron chi connectivity index (χ0n) is 9.50. The molecule has 2 unspecified atom stereocenters. The molecule has 0 aromatic carbocycles. The topological polar surface area (TPSA) is 35.5 Å². The lowest BCUT2D eigenvalue weighted by atomic mass is 10.1. The first kappa shape index (κ1) is 12.0. The van der Waals surface area contributed by atoms with Crippen molar-refractivity contribution in [2.75, 3.05) is 26.7 Å². The van der Waals surface area contributed by atoms with Crippen LogP contribution in [0.2, 0.25) is 0 Å². The first-order chi connectivity index (χ1) is 6.72. The fourth-order valence-electron chi connectivity index (χ4n) is 1.93. The average molecular weight is 200 g/mol. The fraction of sp³-hybridized carbons (Fsp3) is 1.00. The molecule has 1 rings (SSSR count). The van der Waals surface area contributed by atoms with E-state index in [4.69, 9.17) is 0 Å². The minimum atomic E-state index is -0.110. The third-order valence-corrected chi connectivity index (χ3v) is 2.95. The highest BCUT2D eigenvalue weighted by molar-refractivity contribution is 4.81. The van der Waals surface area contributed by atoms with Crippen LogP contribution >= 0.6 is 0 Å². The maximum atomic E-state index is 9.33. The molecule has 0 aromatic heterocycles. The molecule has 0 amide bonds. The van der Waals surface area contributed by atoms with Gasteiger partial charge in [0.2, 0.25) is 0 Å². The number of hydrogen-bond acceptors (Lipinski definition) is 3. The summed E-state index contributed by atoms with van der Waals surface area (Å²) in [4.78, 5) is 2.38. The zero-order valence-corrected chi connectivity index (χ0v) is 9.50. The Morgan fingerprint density at radius 3 is 2.79 bits per heavy atom. The second-order valence-electron chi connectivity index (χ2n) is 4.44. The molecule has 0 radical (unpaired) electrons. The number of β-amino-alcohol motifs (C(OH)–C–C–N with tert-alkyl or cyclic N) is 1. The van der Waals surface area contributed by atoms with Crippen LogP contribution in [0.4, 0.5) is 0 Å². The normalized spacial score (nSPS) is 27.4. The van der Waals surface area contributed by atoms with Crippen molar-refractivity contribution in [3.63, 3.8) is 0 Å². The van der Waals surface area contributed by atoms with Crippen molar-refractivity contribution in [2.45, 2.75) is 44.8 Å². The van der Waals surface area contributed by atoms with Crippen molar-refractivity contribution in [3.8, 4) is 0 Å². The first-order valence-corrected chi connectivity index (χ1v) is 5.82. The van der Waals surface area contributed by atoms with Crippen LogP contribution in [0.25, 0.3) is 0 Å². The monoisotopic (exact) mass is 200 g/mol. The lowest BCUT2D eigenvalue weighted by molar-refractivity contribution is 0.191. The summed E-state index contributed by atoms with van der Waals surface area (Å²) >= 11 is 0. The molecule has 0 spiro atoms. The van der Waals surface area contributed by atoms with E-state index in [1.165, 1.54) is 19.4 Å². The molecule has 0 bridgehead atoms. The van der Waals surface area contributed by atoms with Gasteiger partial charge in [-0.15, -0.1) is 0 Å². The SMILES string of the molecule is CCCCN(C)CCC1CC(O)CN1. The van der Waals surface area contributed by atoms with Crippen molar-refractivity contribution in [3.05, 3.63) is 0 Å². The van der Waals surface area contributed by atoms with Crippen LogP contribution in [0.1, 0.15) is 32.6 Å². The summed E-state index contributed by atoms with van der Waals surface area (Å²) in [5.41, 5.74) is 0. The largest absolute Gasteiger partial charge is 0.392 e. The highest BCUT2D eigenvalue weighted by atomic mass is 16.3. The Labute approximate surface area is 87.5 Å². The molecule has 0 aromatic rings. The minimum absolute atomic E-state index is 0.110. The molecule has 1 aliphatic heterocycles. The second-order valence-corrected chi connectivity index (χ2v) is 4.44. The molecule has 2 N–H and O–H groups in total. The number of unbranched alkanes of at least 4 members (excludes halogenated alkanes) is 1. The molecule has 0 saturated carbocycles. The molecule has 14 heavy (non-hydrogen) atoms. The van der Waals surface area contributed by atoms with Crippen molar-refractivity contribution in [1.29, 1.82) is 0 Å². The summed E-state index contributed by atoms with van der Waals surface area (Å²) in [7, 11) is 2.18. The highest BCUT2D eigenvalue weighted by Crippen LogP contribution is 2.10. The van der Waals surface area contributed by atoms with E-state index >= 15 is 0 Å². The summed E-state index contributed by atoms with van der Waals surface area (Å²) < 4.78 is 0. The summed E-state index contributed by atoms with van der Waals surface area (Å²) in [6.07, 6.45) is 4.54. The fourth-order valence-corrected chi connectivity index (χ4v) is 1.93. The molecule has 1 aliphatic rings. The highest BCUT2D eigenvalue weighted by Gasteiger charge is 2.21. The van der Waals surface area contributed by atoms with Crippen molar-refractivity contribution < 1.29 is 5.11 Å². The molecular formula is C11H24N2O. The van der Waals surface area contributed by atoms with Gasteiger partial charge < -0.3 is 15.3 Å². The number of hydrogen-bond donors (Lipinski definition) is 2. The summed E-state index contributed by atoms with van der Waals surface area (Å²) in [5, 5.41) is 12.7. The van der Waals surface area contributed by atoms with Crippen LogP contribution in [0.3, 0.4) is 0 Å². The Morgan fingerprint density at radius 1 is 1.43 bits per heavy atom. The molecule has 3 heteroatoms. The van der Waals surface area contributed by atoms with Gasteiger partial charge in [0, 0.05) is 12.6 Å². The Bertz CT molecular complexity index is 152. The Morgan fingerprint density at radius 2 is 2.21 bits per heavy atom. The molecule has 3 nitrogen and oxygen atoms in total. The van der Waals surface area contributed by atoms with Crippen molar-refractivity contribution >= 4 is 0 Å². The van der Waals surface area contributed by atoms with E-state index in [1.54, 1.807) is 0 Å². The van der Waals surface area contributed by atoms with Gasteiger partial charge in [-0.2, -0.15) is 0 Å².